The monoisotopic (exact) mass is 586 g/mol. The number of amides is 3. The number of pyridine rings is 1. The summed E-state index contributed by atoms with van der Waals surface area (Å²) in [6.45, 7) is 1.84. The summed E-state index contributed by atoms with van der Waals surface area (Å²) in [6.07, 6.45) is 4.76. The summed E-state index contributed by atoms with van der Waals surface area (Å²) in [4.78, 5) is 43.6. The Balaban J connectivity index is 1.43. The van der Waals surface area contributed by atoms with Gasteiger partial charge in [-0.1, -0.05) is 41.9 Å². The number of carbonyl (C=O) groups is 3. The topological polar surface area (TPSA) is 109 Å². The van der Waals surface area contributed by atoms with Crippen molar-refractivity contribution < 1.29 is 19.1 Å². The van der Waals surface area contributed by atoms with Crippen LogP contribution in [0.15, 0.2) is 102 Å². The molecule has 0 saturated carbocycles. The summed E-state index contributed by atoms with van der Waals surface area (Å²) in [5.74, 6) is -0.559. The van der Waals surface area contributed by atoms with E-state index in [4.69, 9.17) is 16.3 Å². The third-order valence-electron chi connectivity index (χ3n) is 5.74. The first-order valence-corrected chi connectivity index (χ1v) is 13.8. The van der Waals surface area contributed by atoms with Crippen molar-refractivity contribution in [3.8, 4) is 5.75 Å². The Morgan fingerprint density at radius 2 is 1.78 bits per heavy atom. The number of hydrogen-bond donors (Lipinski definition) is 3. The average Bonchev–Trinajstić information content (AvgIpc) is 2.98. The Morgan fingerprint density at radius 1 is 0.976 bits per heavy atom. The van der Waals surface area contributed by atoms with Crippen molar-refractivity contribution in [2.24, 2.45) is 0 Å². The zero-order chi connectivity index (χ0) is 29.2. The predicted molar refractivity (Wildman–Crippen MR) is 163 cm³/mol. The van der Waals surface area contributed by atoms with Gasteiger partial charge >= 0.3 is 0 Å². The molecule has 0 bridgehead atoms. The SMILES string of the molecule is COc1cc(Cl)c(C)cc1NC(=O)CSc1cccc(NC(=O)/C(=C/c2cccnc2)NC(=O)c2ccccc2)c1. The van der Waals surface area contributed by atoms with Crippen LogP contribution in [0.1, 0.15) is 21.5 Å². The molecule has 4 rings (SSSR count). The number of anilines is 2. The van der Waals surface area contributed by atoms with Crippen molar-refractivity contribution in [1.82, 2.24) is 10.3 Å². The molecule has 3 amide bonds. The van der Waals surface area contributed by atoms with Gasteiger partial charge in [0.25, 0.3) is 11.8 Å². The van der Waals surface area contributed by atoms with Crippen molar-refractivity contribution in [2.75, 3.05) is 23.5 Å². The molecule has 3 aromatic carbocycles. The summed E-state index contributed by atoms with van der Waals surface area (Å²) in [7, 11) is 1.51. The smallest absolute Gasteiger partial charge is 0.272 e. The van der Waals surface area contributed by atoms with Gasteiger partial charge in [0.15, 0.2) is 0 Å². The second-order valence-electron chi connectivity index (χ2n) is 8.79. The normalized spacial score (nSPS) is 11.0. The summed E-state index contributed by atoms with van der Waals surface area (Å²) < 4.78 is 5.32. The number of aryl methyl sites for hydroxylation is 1. The van der Waals surface area contributed by atoms with Crippen LogP contribution in [0.3, 0.4) is 0 Å². The van der Waals surface area contributed by atoms with Gasteiger partial charge in [0.05, 0.1) is 18.6 Å². The molecule has 0 radical (unpaired) electrons. The maximum Gasteiger partial charge on any atom is 0.272 e. The molecular formula is C31H27ClN4O4S. The number of ether oxygens (including phenoxy) is 1. The molecular weight excluding hydrogens is 560 g/mol. The lowest BCUT2D eigenvalue weighted by atomic mass is 10.2. The van der Waals surface area contributed by atoms with Gasteiger partial charge in [-0.25, -0.2) is 0 Å². The highest BCUT2D eigenvalue weighted by Gasteiger charge is 2.16. The molecule has 0 saturated heterocycles. The molecule has 1 aromatic heterocycles. The molecule has 0 aliphatic rings. The lowest BCUT2D eigenvalue weighted by molar-refractivity contribution is -0.114. The van der Waals surface area contributed by atoms with Gasteiger partial charge in [0.2, 0.25) is 5.91 Å². The quantitative estimate of drug-likeness (QED) is 0.151. The van der Waals surface area contributed by atoms with Crippen LogP contribution >= 0.6 is 23.4 Å². The minimum atomic E-state index is -0.511. The second-order valence-corrected chi connectivity index (χ2v) is 10.2. The molecule has 0 unspecified atom stereocenters. The van der Waals surface area contributed by atoms with Crippen LogP contribution in [-0.2, 0) is 9.59 Å². The third kappa shape index (κ3) is 8.44. The summed E-state index contributed by atoms with van der Waals surface area (Å²) in [5, 5.41) is 8.93. The number of rotatable bonds is 10. The Morgan fingerprint density at radius 3 is 2.51 bits per heavy atom. The van der Waals surface area contributed by atoms with Crippen LogP contribution in [0, 0.1) is 6.92 Å². The van der Waals surface area contributed by atoms with E-state index in [0.717, 1.165) is 10.5 Å². The molecule has 4 aromatic rings. The van der Waals surface area contributed by atoms with Crippen LogP contribution in [-0.4, -0.2) is 35.6 Å². The number of methoxy groups -OCH3 is 1. The van der Waals surface area contributed by atoms with E-state index in [2.05, 4.69) is 20.9 Å². The second kappa shape index (κ2) is 14.2. The van der Waals surface area contributed by atoms with Gasteiger partial charge in [0.1, 0.15) is 11.4 Å². The number of halogens is 1. The summed E-state index contributed by atoms with van der Waals surface area (Å²) in [6, 6.07) is 22.6. The minimum Gasteiger partial charge on any atom is -0.495 e. The maximum atomic E-state index is 13.3. The number of nitrogens with zero attached hydrogens (tertiary/aromatic N) is 1. The molecule has 0 fully saturated rings. The molecule has 0 spiro atoms. The standard InChI is InChI=1S/C31H27ClN4O4S/c1-20-14-26(28(40-2)17-25(20)32)35-29(37)19-41-24-12-6-11-23(16-24)34-31(39)27(15-21-8-7-13-33-18-21)36-30(38)22-9-4-3-5-10-22/h3-18H,19H2,1-2H3,(H,34,39)(H,35,37)(H,36,38)/b27-15-. The van der Waals surface area contributed by atoms with Gasteiger partial charge in [0, 0.05) is 39.6 Å². The lowest BCUT2D eigenvalue weighted by Crippen LogP contribution is -2.30. The Bertz CT molecular complexity index is 1580. The fourth-order valence-corrected chi connectivity index (χ4v) is 4.61. The van der Waals surface area contributed by atoms with E-state index in [0.29, 0.717) is 33.3 Å². The van der Waals surface area contributed by atoms with E-state index in [1.54, 1.807) is 91.3 Å². The number of thioether (sulfide) groups is 1. The molecule has 3 N–H and O–H groups in total. The van der Waals surface area contributed by atoms with Gasteiger partial charge in [-0.05, 0) is 66.6 Å². The van der Waals surface area contributed by atoms with E-state index in [1.165, 1.54) is 18.9 Å². The fraction of sp³-hybridized carbons (Fsp3) is 0.0968. The Hall–Kier alpha value is -4.60. The Kier molecular flexibility index (Phi) is 10.1. The van der Waals surface area contributed by atoms with Gasteiger partial charge in [-0.15, -0.1) is 11.8 Å². The predicted octanol–water partition coefficient (Wildman–Crippen LogP) is 6.19. The lowest BCUT2D eigenvalue weighted by Gasteiger charge is -2.13. The minimum absolute atomic E-state index is 0.0523. The molecule has 0 atom stereocenters. The van der Waals surface area contributed by atoms with Crippen molar-refractivity contribution in [1.29, 1.82) is 0 Å². The van der Waals surface area contributed by atoms with E-state index in [1.807, 2.05) is 13.0 Å². The molecule has 41 heavy (non-hydrogen) atoms. The number of carbonyl (C=O) groups excluding carboxylic acids is 3. The zero-order valence-electron chi connectivity index (χ0n) is 22.3. The molecule has 8 nitrogen and oxygen atoms in total. The van der Waals surface area contributed by atoms with Crippen molar-refractivity contribution in [2.45, 2.75) is 11.8 Å². The van der Waals surface area contributed by atoms with E-state index < -0.39 is 11.8 Å². The first-order valence-electron chi connectivity index (χ1n) is 12.5. The van der Waals surface area contributed by atoms with Crippen LogP contribution in [0.2, 0.25) is 5.02 Å². The van der Waals surface area contributed by atoms with Gasteiger partial charge < -0.3 is 20.7 Å². The van der Waals surface area contributed by atoms with Crippen LogP contribution in [0.5, 0.6) is 5.75 Å². The van der Waals surface area contributed by atoms with E-state index >= 15 is 0 Å². The van der Waals surface area contributed by atoms with Crippen molar-refractivity contribution >= 4 is 58.5 Å². The highest BCUT2D eigenvalue weighted by Crippen LogP contribution is 2.31. The van der Waals surface area contributed by atoms with E-state index in [9.17, 15) is 14.4 Å². The Labute approximate surface area is 247 Å². The van der Waals surface area contributed by atoms with Crippen LogP contribution < -0.4 is 20.7 Å². The molecule has 1 heterocycles. The maximum absolute atomic E-state index is 13.3. The fourth-order valence-electron chi connectivity index (χ4n) is 3.70. The summed E-state index contributed by atoms with van der Waals surface area (Å²) in [5.41, 5.74) is 2.97. The molecule has 0 aliphatic carbocycles. The first-order chi connectivity index (χ1) is 19.8. The largest absolute Gasteiger partial charge is 0.495 e. The molecule has 208 valence electrons. The number of aromatic nitrogens is 1. The third-order valence-corrected chi connectivity index (χ3v) is 7.14. The van der Waals surface area contributed by atoms with Gasteiger partial charge in [-0.3, -0.25) is 19.4 Å². The average molecular weight is 587 g/mol. The molecule has 10 heteroatoms. The van der Waals surface area contributed by atoms with Gasteiger partial charge in [-0.2, -0.15) is 0 Å². The van der Waals surface area contributed by atoms with Crippen molar-refractivity contribution in [3.05, 3.63) is 119 Å². The first kappa shape index (κ1) is 29.4. The number of nitrogens with one attached hydrogen (secondary N) is 3. The number of benzene rings is 3. The van der Waals surface area contributed by atoms with Crippen LogP contribution in [0.4, 0.5) is 11.4 Å². The highest BCUT2D eigenvalue weighted by molar-refractivity contribution is 8.00. The zero-order valence-corrected chi connectivity index (χ0v) is 23.9. The van der Waals surface area contributed by atoms with Crippen LogP contribution in [0.25, 0.3) is 6.08 Å². The highest BCUT2D eigenvalue weighted by atomic mass is 35.5. The number of hydrogen-bond acceptors (Lipinski definition) is 6. The molecule has 0 aliphatic heterocycles. The van der Waals surface area contributed by atoms with Crippen molar-refractivity contribution in [3.63, 3.8) is 0 Å². The van der Waals surface area contributed by atoms with E-state index in [-0.39, 0.29) is 17.4 Å². The summed E-state index contributed by atoms with van der Waals surface area (Å²) >= 11 is 7.46.